The Bertz CT molecular complexity index is 758. The number of carbonyl (C=O) groups excluding carboxylic acids is 4. The second-order valence-electron chi connectivity index (χ2n) is 6.64. The molecule has 10 nitrogen and oxygen atoms in total. The molecular formula is C23H33NO9. The van der Waals surface area contributed by atoms with Gasteiger partial charge in [0.2, 0.25) is 12.1 Å². The van der Waals surface area contributed by atoms with Crippen molar-refractivity contribution in [3.8, 4) is 5.75 Å². The van der Waals surface area contributed by atoms with Crippen LogP contribution in [0.1, 0.15) is 50.9 Å². The van der Waals surface area contributed by atoms with Crippen LogP contribution in [0.5, 0.6) is 5.75 Å². The fourth-order valence-electron chi connectivity index (χ4n) is 2.69. The van der Waals surface area contributed by atoms with Crippen molar-refractivity contribution in [1.29, 1.82) is 0 Å². The van der Waals surface area contributed by atoms with Crippen molar-refractivity contribution in [1.82, 2.24) is 5.32 Å². The predicted molar refractivity (Wildman–Crippen MR) is 118 cm³/mol. The number of amides is 1. The van der Waals surface area contributed by atoms with Crippen LogP contribution in [-0.4, -0.2) is 69.0 Å². The zero-order valence-corrected chi connectivity index (χ0v) is 19.6. The Hall–Kier alpha value is -2.98. The Balaban J connectivity index is 2.70. The summed E-state index contributed by atoms with van der Waals surface area (Å²) in [7, 11) is 0. The molecule has 184 valence electrons. The van der Waals surface area contributed by atoms with Crippen LogP contribution in [-0.2, 0) is 33.3 Å². The van der Waals surface area contributed by atoms with Gasteiger partial charge < -0.3 is 29.0 Å². The molecule has 1 aromatic rings. The van der Waals surface area contributed by atoms with Crippen LogP contribution >= 0.6 is 0 Å². The van der Waals surface area contributed by atoms with E-state index in [9.17, 15) is 19.2 Å². The fraction of sp³-hybridized carbons (Fsp3) is 0.565. The van der Waals surface area contributed by atoms with Crippen LogP contribution in [0.4, 0.5) is 0 Å². The largest absolute Gasteiger partial charge is 0.486 e. The maximum absolute atomic E-state index is 12.6. The Morgan fingerprint density at radius 3 is 2.00 bits per heavy atom. The average Bonchev–Trinajstić information content (AvgIpc) is 2.80. The molecule has 10 heteroatoms. The van der Waals surface area contributed by atoms with Crippen molar-refractivity contribution in [2.75, 3.05) is 33.0 Å². The van der Waals surface area contributed by atoms with Gasteiger partial charge in [0.05, 0.1) is 13.2 Å². The van der Waals surface area contributed by atoms with Gasteiger partial charge in [-0.2, -0.15) is 0 Å². The zero-order chi connectivity index (χ0) is 24.6. The summed E-state index contributed by atoms with van der Waals surface area (Å²) in [5.41, 5.74) is 0.264. The number of hydrogen-bond donors (Lipinski definition) is 1. The van der Waals surface area contributed by atoms with Crippen molar-refractivity contribution in [3.63, 3.8) is 0 Å². The monoisotopic (exact) mass is 467 g/mol. The molecule has 0 radical (unpaired) electrons. The molecule has 0 aliphatic carbocycles. The third kappa shape index (κ3) is 10.5. The molecule has 1 N–H and O–H groups in total. The number of hydrogen-bond acceptors (Lipinski definition) is 9. The van der Waals surface area contributed by atoms with Crippen LogP contribution < -0.4 is 10.1 Å². The predicted octanol–water partition coefficient (Wildman–Crippen LogP) is 2.04. The molecule has 1 atom stereocenters. The minimum atomic E-state index is -0.996. The minimum absolute atomic E-state index is 0.0388. The summed E-state index contributed by atoms with van der Waals surface area (Å²) >= 11 is 0. The summed E-state index contributed by atoms with van der Waals surface area (Å²) in [6.07, 6.45) is -0.976. The van der Waals surface area contributed by atoms with Crippen molar-refractivity contribution in [3.05, 3.63) is 29.8 Å². The summed E-state index contributed by atoms with van der Waals surface area (Å²) in [6.45, 7) is 7.61. The van der Waals surface area contributed by atoms with Gasteiger partial charge in [-0.25, -0.2) is 4.79 Å². The lowest BCUT2D eigenvalue weighted by Gasteiger charge is -2.17. The highest BCUT2D eigenvalue weighted by Gasteiger charge is 2.24. The van der Waals surface area contributed by atoms with E-state index in [1.807, 2.05) is 0 Å². The standard InChI is InChI=1S/C23H33NO9/c1-5-29-20(26)14-13-18(22(28)30-6-2)24-21(27)16-9-11-17(12-10-16)33-15-19(25)23(31-7-3)32-8-4/h9-12,18,23H,5-8,13-15H2,1-4H3,(H,24,27)/t18-/m0/s1. The number of benzene rings is 1. The van der Waals surface area contributed by atoms with E-state index in [1.54, 1.807) is 27.7 Å². The van der Waals surface area contributed by atoms with Gasteiger partial charge in [0.1, 0.15) is 11.8 Å². The molecule has 0 saturated carbocycles. The molecule has 1 aromatic carbocycles. The van der Waals surface area contributed by atoms with Crippen molar-refractivity contribution in [2.24, 2.45) is 0 Å². The molecule has 1 amide bonds. The highest BCUT2D eigenvalue weighted by atomic mass is 16.7. The first-order chi connectivity index (χ1) is 15.9. The van der Waals surface area contributed by atoms with Gasteiger partial charge in [-0.1, -0.05) is 0 Å². The third-order valence-corrected chi connectivity index (χ3v) is 4.22. The first-order valence-corrected chi connectivity index (χ1v) is 11.0. The van der Waals surface area contributed by atoms with Gasteiger partial charge in [-0.3, -0.25) is 14.4 Å². The van der Waals surface area contributed by atoms with Crippen LogP contribution in [0.15, 0.2) is 24.3 Å². The minimum Gasteiger partial charge on any atom is -0.486 e. The Labute approximate surface area is 193 Å². The number of rotatable bonds is 16. The average molecular weight is 468 g/mol. The lowest BCUT2D eigenvalue weighted by Crippen LogP contribution is -2.42. The smallest absolute Gasteiger partial charge is 0.328 e. The van der Waals surface area contributed by atoms with Gasteiger partial charge in [0.25, 0.3) is 5.91 Å². The molecular weight excluding hydrogens is 434 g/mol. The SMILES string of the molecule is CCOC(=O)CC[C@H](NC(=O)c1ccc(OCC(=O)C(OCC)OCC)cc1)C(=O)OCC. The molecule has 0 spiro atoms. The Morgan fingerprint density at radius 2 is 1.45 bits per heavy atom. The molecule has 0 aliphatic heterocycles. The maximum Gasteiger partial charge on any atom is 0.328 e. The fourth-order valence-corrected chi connectivity index (χ4v) is 2.69. The van der Waals surface area contributed by atoms with E-state index in [4.69, 9.17) is 23.7 Å². The molecule has 1 rings (SSSR count). The van der Waals surface area contributed by atoms with Crippen LogP contribution in [0.25, 0.3) is 0 Å². The topological polar surface area (TPSA) is 126 Å². The number of carbonyl (C=O) groups is 4. The molecule has 0 heterocycles. The number of Topliss-reactive ketones (excluding diaryl/α,β-unsaturated/α-hetero) is 1. The van der Waals surface area contributed by atoms with E-state index < -0.39 is 30.2 Å². The van der Waals surface area contributed by atoms with Gasteiger partial charge in [-0.15, -0.1) is 0 Å². The van der Waals surface area contributed by atoms with Crippen molar-refractivity contribution < 1.29 is 42.9 Å². The normalized spacial score (nSPS) is 11.5. The number of ether oxygens (including phenoxy) is 5. The lowest BCUT2D eigenvalue weighted by molar-refractivity contribution is -0.169. The van der Waals surface area contributed by atoms with Crippen molar-refractivity contribution in [2.45, 2.75) is 52.9 Å². The molecule has 0 bridgehead atoms. The molecule has 0 aliphatic rings. The van der Waals surface area contributed by atoms with E-state index in [2.05, 4.69) is 5.32 Å². The number of nitrogens with one attached hydrogen (secondary N) is 1. The molecule has 0 fully saturated rings. The molecule has 0 unspecified atom stereocenters. The Morgan fingerprint density at radius 1 is 0.848 bits per heavy atom. The lowest BCUT2D eigenvalue weighted by atomic mass is 10.1. The highest BCUT2D eigenvalue weighted by Crippen LogP contribution is 2.14. The highest BCUT2D eigenvalue weighted by molar-refractivity contribution is 5.97. The second-order valence-corrected chi connectivity index (χ2v) is 6.64. The van der Waals surface area contributed by atoms with E-state index in [0.29, 0.717) is 19.0 Å². The van der Waals surface area contributed by atoms with Gasteiger partial charge >= 0.3 is 11.9 Å². The van der Waals surface area contributed by atoms with E-state index in [-0.39, 0.29) is 44.0 Å². The maximum atomic E-state index is 12.6. The summed E-state index contributed by atoms with van der Waals surface area (Å²) in [5.74, 6) is -1.61. The third-order valence-electron chi connectivity index (χ3n) is 4.22. The van der Waals surface area contributed by atoms with Crippen LogP contribution in [0.2, 0.25) is 0 Å². The molecule has 0 saturated heterocycles. The molecule has 0 aromatic heterocycles. The Kier molecular flexibility index (Phi) is 13.4. The van der Waals surface area contributed by atoms with Gasteiger partial charge in [-0.05, 0) is 58.4 Å². The van der Waals surface area contributed by atoms with E-state index in [1.165, 1.54) is 24.3 Å². The number of esters is 2. The summed E-state index contributed by atoms with van der Waals surface area (Å²) < 4.78 is 25.8. The summed E-state index contributed by atoms with van der Waals surface area (Å²) in [5, 5.41) is 2.58. The van der Waals surface area contributed by atoms with E-state index >= 15 is 0 Å². The van der Waals surface area contributed by atoms with Gasteiger partial charge in [0.15, 0.2) is 6.61 Å². The quantitative estimate of drug-likeness (QED) is 0.287. The zero-order valence-electron chi connectivity index (χ0n) is 19.6. The van der Waals surface area contributed by atoms with Gasteiger partial charge in [0, 0.05) is 25.2 Å². The first kappa shape index (κ1) is 28.1. The number of ketones is 1. The molecule has 33 heavy (non-hydrogen) atoms. The summed E-state index contributed by atoms with van der Waals surface area (Å²) in [6, 6.07) is 5.04. The summed E-state index contributed by atoms with van der Waals surface area (Å²) in [4.78, 5) is 48.5. The van der Waals surface area contributed by atoms with Crippen molar-refractivity contribution >= 4 is 23.6 Å². The second kappa shape index (κ2) is 15.8. The van der Waals surface area contributed by atoms with E-state index in [0.717, 1.165) is 0 Å². The first-order valence-electron chi connectivity index (χ1n) is 11.0. The van der Waals surface area contributed by atoms with Crippen LogP contribution in [0, 0.1) is 0 Å². The van der Waals surface area contributed by atoms with Crippen LogP contribution in [0.3, 0.4) is 0 Å².